The molecule has 1 atom stereocenters. The van der Waals surface area contributed by atoms with E-state index in [0.717, 1.165) is 13.0 Å². The molecule has 0 radical (unpaired) electrons. The third-order valence-electron chi connectivity index (χ3n) is 2.62. The van der Waals surface area contributed by atoms with E-state index in [-0.39, 0.29) is 5.91 Å². The first-order valence-corrected chi connectivity index (χ1v) is 5.35. The molecule has 0 bridgehead atoms. The van der Waals surface area contributed by atoms with Crippen LogP contribution >= 0.6 is 0 Å². The summed E-state index contributed by atoms with van der Waals surface area (Å²) in [6, 6.07) is 0.470. The molecular formula is C11H20N2O. The summed E-state index contributed by atoms with van der Waals surface area (Å²) in [5, 5.41) is 6.18. The predicted octanol–water partition coefficient (Wildman–Crippen LogP) is 1.21. The molecule has 80 valence electrons. The van der Waals surface area contributed by atoms with Crippen molar-refractivity contribution in [2.24, 2.45) is 0 Å². The van der Waals surface area contributed by atoms with Gasteiger partial charge in [-0.05, 0) is 19.3 Å². The first-order valence-electron chi connectivity index (χ1n) is 5.35. The van der Waals surface area contributed by atoms with Crippen molar-refractivity contribution in [2.45, 2.75) is 38.6 Å². The Kier molecular flexibility index (Phi) is 4.66. The van der Waals surface area contributed by atoms with Crippen LogP contribution < -0.4 is 10.6 Å². The molecule has 1 aliphatic rings. The molecule has 0 aliphatic heterocycles. The van der Waals surface area contributed by atoms with E-state index >= 15 is 0 Å². The highest BCUT2D eigenvalue weighted by Gasteiger charge is 2.15. The van der Waals surface area contributed by atoms with E-state index in [1.165, 1.54) is 24.8 Å². The fraction of sp³-hybridized carbons (Fsp3) is 0.727. The zero-order valence-electron chi connectivity index (χ0n) is 8.94. The number of rotatable bonds is 4. The average Bonchev–Trinajstić information content (AvgIpc) is 2.15. The summed E-state index contributed by atoms with van der Waals surface area (Å²) in [6.45, 7) is 7.14. The van der Waals surface area contributed by atoms with Gasteiger partial charge in [-0.1, -0.05) is 18.6 Å². The van der Waals surface area contributed by atoms with Gasteiger partial charge in [-0.15, -0.1) is 0 Å². The van der Waals surface area contributed by atoms with Crippen LogP contribution in [0.25, 0.3) is 0 Å². The molecule has 0 saturated heterocycles. The Hall–Kier alpha value is -0.830. The molecule has 1 amide bonds. The van der Waals surface area contributed by atoms with E-state index < -0.39 is 0 Å². The molecule has 0 spiro atoms. The van der Waals surface area contributed by atoms with Crippen molar-refractivity contribution < 1.29 is 4.79 Å². The lowest BCUT2D eigenvalue weighted by atomic mass is 9.91. The quantitative estimate of drug-likeness (QED) is 0.524. The fourth-order valence-corrected chi connectivity index (χ4v) is 1.81. The summed E-state index contributed by atoms with van der Waals surface area (Å²) >= 11 is 0. The molecule has 0 heterocycles. The van der Waals surface area contributed by atoms with E-state index in [2.05, 4.69) is 17.2 Å². The Bertz CT molecular complexity index is 213. The molecule has 3 heteroatoms. The third kappa shape index (κ3) is 3.92. The number of hydrogen-bond donors (Lipinski definition) is 2. The summed E-state index contributed by atoms with van der Waals surface area (Å²) in [4.78, 5) is 10.6. The van der Waals surface area contributed by atoms with Crippen LogP contribution in [-0.4, -0.2) is 25.0 Å². The number of hydrogen-bond acceptors (Lipinski definition) is 2. The lowest BCUT2D eigenvalue weighted by molar-refractivity contribution is -0.118. The Morgan fingerprint density at radius 3 is 2.93 bits per heavy atom. The number of carbonyl (C=O) groups is 1. The zero-order chi connectivity index (χ0) is 10.4. The maximum absolute atomic E-state index is 10.6. The number of nitrogens with one attached hydrogen (secondary N) is 2. The Morgan fingerprint density at radius 2 is 2.29 bits per heavy atom. The summed E-state index contributed by atoms with van der Waals surface area (Å²) in [5.74, 6) is 0.0364. The van der Waals surface area contributed by atoms with Gasteiger partial charge in [0, 0.05) is 26.1 Å². The second kappa shape index (κ2) is 5.81. The standard InChI is InChI=1S/C11H20N2O/c1-9-5-3-4-6-11(9)13-8-7-12-10(2)14/h11,13H,1,3-8H2,2H3,(H,12,14). The monoisotopic (exact) mass is 196 g/mol. The van der Waals surface area contributed by atoms with Gasteiger partial charge >= 0.3 is 0 Å². The highest BCUT2D eigenvalue weighted by Crippen LogP contribution is 2.21. The van der Waals surface area contributed by atoms with Gasteiger partial charge < -0.3 is 10.6 Å². The van der Waals surface area contributed by atoms with Crippen LogP contribution in [0.1, 0.15) is 32.6 Å². The maximum atomic E-state index is 10.6. The molecule has 1 aliphatic carbocycles. The Labute approximate surface area is 86.0 Å². The first-order chi connectivity index (χ1) is 6.70. The van der Waals surface area contributed by atoms with Gasteiger partial charge in [0.25, 0.3) is 0 Å². The Balaban J connectivity index is 2.10. The Morgan fingerprint density at radius 1 is 1.50 bits per heavy atom. The topological polar surface area (TPSA) is 41.1 Å². The van der Waals surface area contributed by atoms with E-state index in [0.29, 0.717) is 12.6 Å². The predicted molar refractivity (Wildman–Crippen MR) is 58.1 cm³/mol. The molecule has 1 unspecified atom stereocenters. The molecular weight excluding hydrogens is 176 g/mol. The van der Waals surface area contributed by atoms with Crippen molar-refractivity contribution >= 4 is 5.91 Å². The molecule has 0 aromatic heterocycles. The van der Waals surface area contributed by atoms with Crippen molar-refractivity contribution in [3.8, 4) is 0 Å². The SMILES string of the molecule is C=C1CCCCC1NCCNC(C)=O. The van der Waals surface area contributed by atoms with Gasteiger partial charge in [0.15, 0.2) is 0 Å². The molecule has 2 N–H and O–H groups in total. The fourth-order valence-electron chi connectivity index (χ4n) is 1.81. The molecule has 14 heavy (non-hydrogen) atoms. The van der Waals surface area contributed by atoms with Gasteiger partial charge in [0.05, 0.1) is 0 Å². The zero-order valence-corrected chi connectivity index (χ0v) is 8.94. The van der Waals surface area contributed by atoms with Crippen molar-refractivity contribution in [1.29, 1.82) is 0 Å². The van der Waals surface area contributed by atoms with Gasteiger partial charge in [-0.25, -0.2) is 0 Å². The van der Waals surface area contributed by atoms with Gasteiger partial charge in [-0.3, -0.25) is 4.79 Å². The third-order valence-corrected chi connectivity index (χ3v) is 2.62. The van der Waals surface area contributed by atoms with Gasteiger partial charge in [0.2, 0.25) is 5.91 Å². The largest absolute Gasteiger partial charge is 0.355 e. The van der Waals surface area contributed by atoms with E-state index in [1.54, 1.807) is 6.92 Å². The second-order valence-corrected chi connectivity index (χ2v) is 3.89. The van der Waals surface area contributed by atoms with Crippen LogP contribution in [0.2, 0.25) is 0 Å². The second-order valence-electron chi connectivity index (χ2n) is 3.89. The minimum Gasteiger partial charge on any atom is -0.355 e. The summed E-state index contributed by atoms with van der Waals surface area (Å²) in [6.07, 6.45) is 4.91. The highest BCUT2D eigenvalue weighted by molar-refractivity contribution is 5.72. The van der Waals surface area contributed by atoms with Gasteiger partial charge in [0.1, 0.15) is 0 Å². The van der Waals surface area contributed by atoms with Crippen LogP contribution in [0.4, 0.5) is 0 Å². The van der Waals surface area contributed by atoms with E-state index in [9.17, 15) is 4.79 Å². The van der Waals surface area contributed by atoms with Crippen molar-refractivity contribution in [2.75, 3.05) is 13.1 Å². The van der Waals surface area contributed by atoms with E-state index in [1.807, 2.05) is 0 Å². The lowest BCUT2D eigenvalue weighted by Gasteiger charge is -2.25. The first kappa shape index (κ1) is 11.2. The maximum Gasteiger partial charge on any atom is 0.216 e. The molecule has 3 nitrogen and oxygen atoms in total. The summed E-state index contributed by atoms with van der Waals surface area (Å²) < 4.78 is 0. The van der Waals surface area contributed by atoms with Crippen molar-refractivity contribution in [3.63, 3.8) is 0 Å². The van der Waals surface area contributed by atoms with Crippen LogP contribution in [-0.2, 0) is 4.79 Å². The molecule has 0 aromatic rings. The molecule has 1 saturated carbocycles. The molecule has 1 rings (SSSR count). The lowest BCUT2D eigenvalue weighted by Crippen LogP contribution is -2.38. The smallest absolute Gasteiger partial charge is 0.216 e. The minimum atomic E-state index is 0.0364. The summed E-state index contributed by atoms with van der Waals surface area (Å²) in [7, 11) is 0. The minimum absolute atomic E-state index is 0.0364. The van der Waals surface area contributed by atoms with Crippen LogP contribution in [0.15, 0.2) is 12.2 Å². The highest BCUT2D eigenvalue weighted by atomic mass is 16.1. The van der Waals surface area contributed by atoms with Crippen molar-refractivity contribution in [1.82, 2.24) is 10.6 Å². The number of carbonyl (C=O) groups excluding carboxylic acids is 1. The molecule has 0 aromatic carbocycles. The van der Waals surface area contributed by atoms with Crippen LogP contribution in [0.5, 0.6) is 0 Å². The van der Waals surface area contributed by atoms with E-state index in [4.69, 9.17) is 0 Å². The van der Waals surface area contributed by atoms with Gasteiger partial charge in [-0.2, -0.15) is 0 Å². The average molecular weight is 196 g/mol. The number of amides is 1. The van der Waals surface area contributed by atoms with Crippen LogP contribution in [0.3, 0.4) is 0 Å². The molecule has 1 fully saturated rings. The summed E-state index contributed by atoms with van der Waals surface area (Å²) in [5.41, 5.74) is 1.32. The van der Waals surface area contributed by atoms with Crippen LogP contribution in [0, 0.1) is 0 Å². The normalized spacial score (nSPS) is 22.1. The van der Waals surface area contributed by atoms with Crippen molar-refractivity contribution in [3.05, 3.63) is 12.2 Å².